The van der Waals surface area contributed by atoms with Crippen LogP contribution in [0.15, 0.2) is 24.3 Å². The first-order chi connectivity index (χ1) is 8.74. The zero-order valence-electron chi connectivity index (χ0n) is 11.1. The largest absolute Gasteiger partial charge is 0.497 e. The van der Waals surface area contributed by atoms with Crippen molar-refractivity contribution < 1.29 is 9.53 Å². The Kier molecular flexibility index (Phi) is 4.24. The second kappa shape index (κ2) is 5.89. The van der Waals surface area contributed by atoms with Crippen LogP contribution in [0.2, 0.25) is 0 Å². The SMILES string of the molecule is CCCCC1CC(c2cccc(OC)c2)NC1=O. The number of ether oxygens (including phenoxy) is 1. The molecule has 18 heavy (non-hydrogen) atoms. The third kappa shape index (κ3) is 2.84. The molecule has 1 aliphatic heterocycles. The summed E-state index contributed by atoms with van der Waals surface area (Å²) >= 11 is 0. The third-order valence-corrected chi connectivity index (χ3v) is 3.61. The molecule has 1 amide bonds. The number of benzene rings is 1. The zero-order chi connectivity index (χ0) is 13.0. The molecule has 3 nitrogen and oxygen atoms in total. The van der Waals surface area contributed by atoms with Gasteiger partial charge in [0.05, 0.1) is 13.2 Å². The second-order valence-electron chi connectivity index (χ2n) is 4.91. The van der Waals surface area contributed by atoms with E-state index in [9.17, 15) is 4.79 Å². The molecule has 0 radical (unpaired) electrons. The maximum absolute atomic E-state index is 11.9. The number of methoxy groups -OCH3 is 1. The maximum Gasteiger partial charge on any atom is 0.223 e. The lowest BCUT2D eigenvalue weighted by Crippen LogP contribution is -2.21. The zero-order valence-corrected chi connectivity index (χ0v) is 11.1. The molecular weight excluding hydrogens is 226 g/mol. The highest BCUT2D eigenvalue weighted by molar-refractivity contribution is 5.81. The van der Waals surface area contributed by atoms with Gasteiger partial charge in [-0.3, -0.25) is 4.79 Å². The highest BCUT2D eigenvalue weighted by Crippen LogP contribution is 2.32. The number of carbonyl (C=O) groups excluding carboxylic acids is 1. The van der Waals surface area contributed by atoms with Gasteiger partial charge in [0.25, 0.3) is 0 Å². The molecule has 2 unspecified atom stereocenters. The van der Waals surface area contributed by atoms with Crippen LogP contribution in [0.4, 0.5) is 0 Å². The summed E-state index contributed by atoms with van der Waals surface area (Å²) in [6, 6.07) is 8.10. The van der Waals surface area contributed by atoms with Gasteiger partial charge in [-0.1, -0.05) is 31.9 Å². The van der Waals surface area contributed by atoms with E-state index in [1.165, 1.54) is 0 Å². The Morgan fingerprint density at radius 2 is 2.28 bits per heavy atom. The first-order valence-electron chi connectivity index (χ1n) is 6.69. The minimum Gasteiger partial charge on any atom is -0.497 e. The van der Waals surface area contributed by atoms with Gasteiger partial charge in [-0.15, -0.1) is 0 Å². The number of rotatable bonds is 5. The van der Waals surface area contributed by atoms with Crippen molar-refractivity contribution in [1.29, 1.82) is 0 Å². The lowest BCUT2D eigenvalue weighted by molar-refractivity contribution is -0.122. The molecule has 1 N–H and O–H groups in total. The Morgan fingerprint density at radius 1 is 1.44 bits per heavy atom. The smallest absolute Gasteiger partial charge is 0.223 e. The first-order valence-corrected chi connectivity index (χ1v) is 6.69. The Hall–Kier alpha value is -1.51. The average molecular weight is 247 g/mol. The van der Waals surface area contributed by atoms with Crippen LogP contribution in [0, 0.1) is 5.92 Å². The number of hydrogen-bond acceptors (Lipinski definition) is 2. The minimum absolute atomic E-state index is 0.148. The summed E-state index contributed by atoms with van der Waals surface area (Å²) in [7, 11) is 1.66. The van der Waals surface area contributed by atoms with E-state index < -0.39 is 0 Å². The van der Waals surface area contributed by atoms with Crippen LogP contribution in [0.5, 0.6) is 5.75 Å². The summed E-state index contributed by atoms with van der Waals surface area (Å²) < 4.78 is 5.22. The summed E-state index contributed by atoms with van der Waals surface area (Å²) in [6.07, 6.45) is 4.19. The second-order valence-corrected chi connectivity index (χ2v) is 4.91. The summed E-state index contributed by atoms with van der Waals surface area (Å²) in [4.78, 5) is 11.9. The molecule has 3 heteroatoms. The van der Waals surface area contributed by atoms with Crippen molar-refractivity contribution in [2.75, 3.05) is 7.11 Å². The molecule has 1 aromatic carbocycles. The molecule has 0 saturated carbocycles. The number of carbonyl (C=O) groups is 1. The normalized spacial score (nSPS) is 22.9. The van der Waals surface area contributed by atoms with Gasteiger partial charge in [0.1, 0.15) is 5.75 Å². The Bertz CT molecular complexity index is 417. The van der Waals surface area contributed by atoms with Crippen LogP contribution in [-0.2, 0) is 4.79 Å². The van der Waals surface area contributed by atoms with Crippen molar-refractivity contribution in [2.24, 2.45) is 5.92 Å². The van der Waals surface area contributed by atoms with E-state index in [1.807, 2.05) is 18.2 Å². The van der Waals surface area contributed by atoms with E-state index in [0.717, 1.165) is 37.0 Å². The number of nitrogens with one attached hydrogen (secondary N) is 1. The predicted molar refractivity (Wildman–Crippen MR) is 71.5 cm³/mol. The van der Waals surface area contributed by atoms with E-state index in [4.69, 9.17) is 4.74 Å². The molecule has 0 aliphatic carbocycles. The third-order valence-electron chi connectivity index (χ3n) is 3.61. The summed E-state index contributed by atoms with van der Waals surface area (Å²) in [5, 5.41) is 3.09. The molecule has 1 aromatic rings. The van der Waals surface area contributed by atoms with Gasteiger partial charge in [0.15, 0.2) is 0 Å². The van der Waals surface area contributed by atoms with Gasteiger partial charge in [0, 0.05) is 5.92 Å². The molecule has 0 bridgehead atoms. The fraction of sp³-hybridized carbons (Fsp3) is 0.533. The molecule has 1 saturated heterocycles. The van der Waals surface area contributed by atoms with Crippen molar-refractivity contribution in [3.05, 3.63) is 29.8 Å². The van der Waals surface area contributed by atoms with Gasteiger partial charge in [-0.25, -0.2) is 0 Å². The summed E-state index contributed by atoms with van der Waals surface area (Å²) in [5.74, 6) is 1.23. The lowest BCUT2D eigenvalue weighted by atomic mass is 9.95. The predicted octanol–water partition coefficient (Wildman–Crippen LogP) is 3.06. The van der Waals surface area contributed by atoms with Crippen LogP contribution in [0.1, 0.15) is 44.2 Å². The van der Waals surface area contributed by atoms with Crippen molar-refractivity contribution in [2.45, 2.75) is 38.6 Å². The Balaban J connectivity index is 2.04. The standard InChI is InChI=1S/C15H21NO2/c1-3-4-6-12-10-14(16-15(12)17)11-7-5-8-13(9-11)18-2/h5,7-9,12,14H,3-4,6,10H2,1-2H3,(H,16,17). The quantitative estimate of drug-likeness (QED) is 0.868. The number of hydrogen-bond donors (Lipinski definition) is 1. The molecule has 2 rings (SSSR count). The Labute approximate surface area is 109 Å². The van der Waals surface area contributed by atoms with Crippen LogP contribution in [0.3, 0.4) is 0 Å². The molecule has 0 aromatic heterocycles. The fourth-order valence-electron chi connectivity index (χ4n) is 2.52. The number of unbranched alkanes of at least 4 members (excludes halogenated alkanes) is 1. The van der Waals surface area contributed by atoms with E-state index >= 15 is 0 Å². The summed E-state index contributed by atoms with van der Waals surface area (Å²) in [6.45, 7) is 2.16. The van der Waals surface area contributed by atoms with Crippen molar-refractivity contribution >= 4 is 5.91 Å². The van der Waals surface area contributed by atoms with Crippen LogP contribution >= 0.6 is 0 Å². The molecule has 2 atom stereocenters. The van der Waals surface area contributed by atoms with Gasteiger partial charge in [0.2, 0.25) is 5.91 Å². The van der Waals surface area contributed by atoms with Crippen molar-refractivity contribution in [1.82, 2.24) is 5.32 Å². The van der Waals surface area contributed by atoms with Crippen LogP contribution in [-0.4, -0.2) is 13.0 Å². The van der Waals surface area contributed by atoms with E-state index in [-0.39, 0.29) is 17.9 Å². The van der Waals surface area contributed by atoms with Gasteiger partial charge < -0.3 is 10.1 Å². The highest BCUT2D eigenvalue weighted by atomic mass is 16.5. The average Bonchev–Trinajstić information content (AvgIpc) is 2.78. The maximum atomic E-state index is 11.9. The van der Waals surface area contributed by atoms with Crippen LogP contribution in [0.25, 0.3) is 0 Å². The van der Waals surface area contributed by atoms with Gasteiger partial charge >= 0.3 is 0 Å². The highest BCUT2D eigenvalue weighted by Gasteiger charge is 2.32. The number of amides is 1. The fourth-order valence-corrected chi connectivity index (χ4v) is 2.52. The monoisotopic (exact) mass is 247 g/mol. The summed E-state index contributed by atoms with van der Waals surface area (Å²) in [5.41, 5.74) is 1.14. The molecule has 1 fully saturated rings. The molecule has 0 spiro atoms. The van der Waals surface area contributed by atoms with Crippen LogP contribution < -0.4 is 10.1 Å². The van der Waals surface area contributed by atoms with Gasteiger partial charge in [-0.2, -0.15) is 0 Å². The van der Waals surface area contributed by atoms with Crippen molar-refractivity contribution in [3.8, 4) is 5.75 Å². The van der Waals surface area contributed by atoms with Gasteiger partial charge in [-0.05, 0) is 30.5 Å². The van der Waals surface area contributed by atoms with E-state index in [0.29, 0.717) is 0 Å². The molecule has 1 heterocycles. The first kappa shape index (κ1) is 12.9. The van der Waals surface area contributed by atoms with Crippen molar-refractivity contribution in [3.63, 3.8) is 0 Å². The molecule has 1 aliphatic rings. The molecular formula is C15H21NO2. The van der Waals surface area contributed by atoms with E-state index in [2.05, 4.69) is 18.3 Å². The molecule has 98 valence electrons. The minimum atomic E-state index is 0.148. The topological polar surface area (TPSA) is 38.3 Å². The lowest BCUT2D eigenvalue weighted by Gasteiger charge is -2.11. The Morgan fingerprint density at radius 3 is 3.00 bits per heavy atom. The van der Waals surface area contributed by atoms with E-state index in [1.54, 1.807) is 7.11 Å².